The van der Waals surface area contributed by atoms with Crippen LogP contribution in [0, 0.1) is 12.3 Å². The number of carbonyl (C=O) groups is 1. The van der Waals surface area contributed by atoms with Gasteiger partial charge >= 0.3 is 0 Å². The molecule has 1 rings (SSSR count). The molecule has 0 aliphatic rings. The molecule has 1 heterocycles. The number of rotatable bonds is 2. The topological polar surface area (TPSA) is 42.0 Å². The van der Waals surface area contributed by atoms with E-state index in [-0.39, 0.29) is 22.8 Å². The molecule has 0 aliphatic carbocycles. The van der Waals surface area contributed by atoms with Crippen LogP contribution in [0.1, 0.15) is 10.4 Å². The fourth-order valence-electron chi connectivity index (χ4n) is 0.829. The molecule has 0 fully saturated rings. The van der Waals surface area contributed by atoms with Gasteiger partial charge in [0.1, 0.15) is 10.3 Å². The highest BCUT2D eigenvalue weighted by atomic mass is 35.5. The van der Waals surface area contributed by atoms with Crippen molar-refractivity contribution in [2.24, 2.45) is 0 Å². The fourth-order valence-corrected chi connectivity index (χ4v) is 1.29. The van der Waals surface area contributed by atoms with Crippen molar-refractivity contribution in [2.75, 3.05) is 6.54 Å². The Bertz CT molecular complexity index is 378. The van der Waals surface area contributed by atoms with Crippen molar-refractivity contribution in [3.63, 3.8) is 0 Å². The number of hydrogen-bond acceptors (Lipinski definition) is 2. The summed E-state index contributed by atoms with van der Waals surface area (Å²) in [6, 6.07) is 2.83. The quantitative estimate of drug-likeness (QED) is 0.620. The molecule has 1 aromatic rings. The summed E-state index contributed by atoms with van der Waals surface area (Å²) in [7, 11) is 0. The molecule has 0 radical (unpaired) electrons. The van der Waals surface area contributed by atoms with Gasteiger partial charge in [0, 0.05) is 5.56 Å². The third kappa shape index (κ3) is 2.91. The van der Waals surface area contributed by atoms with E-state index in [1.165, 1.54) is 12.1 Å². The minimum Gasteiger partial charge on any atom is -0.341 e. The van der Waals surface area contributed by atoms with Crippen molar-refractivity contribution >= 4 is 29.1 Å². The molecule has 0 bridgehead atoms. The third-order valence-corrected chi connectivity index (χ3v) is 1.76. The number of amides is 1. The molecule has 72 valence electrons. The summed E-state index contributed by atoms with van der Waals surface area (Å²) in [6.45, 7) is 0.163. The number of carbonyl (C=O) groups excluding carboxylic acids is 1. The lowest BCUT2D eigenvalue weighted by Crippen LogP contribution is -2.23. The molecule has 0 spiro atoms. The molecule has 0 saturated carbocycles. The average molecular weight is 229 g/mol. The predicted octanol–water partition coefficient (Wildman–Crippen LogP) is 1.75. The predicted molar refractivity (Wildman–Crippen MR) is 55.4 cm³/mol. The van der Waals surface area contributed by atoms with Gasteiger partial charge in [0.15, 0.2) is 0 Å². The molecule has 14 heavy (non-hydrogen) atoms. The van der Waals surface area contributed by atoms with Gasteiger partial charge in [0.2, 0.25) is 0 Å². The Morgan fingerprint density at radius 2 is 2.07 bits per heavy atom. The Morgan fingerprint density at radius 1 is 1.50 bits per heavy atom. The first-order valence-electron chi connectivity index (χ1n) is 3.68. The van der Waals surface area contributed by atoms with Gasteiger partial charge in [-0.05, 0) is 12.1 Å². The van der Waals surface area contributed by atoms with Crippen molar-refractivity contribution in [1.82, 2.24) is 10.3 Å². The summed E-state index contributed by atoms with van der Waals surface area (Å²) in [5.74, 6) is 1.96. The molecule has 0 saturated heterocycles. The maximum Gasteiger partial charge on any atom is 0.252 e. The van der Waals surface area contributed by atoms with Crippen LogP contribution in [-0.2, 0) is 0 Å². The summed E-state index contributed by atoms with van der Waals surface area (Å²) < 4.78 is 0. The number of nitrogens with one attached hydrogen (secondary N) is 1. The van der Waals surface area contributed by atoms with Gasteiger partial charge in [-0.15, -0.1) is 6.42 Å². The smallest absolute Gasteiger partial charge is 0.252 e. The van der Waals surface area contributed by atoms with Crippen molar-refractivity contribution < 1.29 is 4.79 Å². The van der Waals surface area contributed by atoms with E-state index in [1.54, 1.807) is 0 Å². The summed E-state index contributed by atoms with van der Waals surface area (Å²) in [5, 5.41) is 2.82. The van der Waals surface area contributed by atoms with Gasteiger partial charge in [0.25, 0.3) is 5.91 Å². The van der Waals surface area contributed by atoms with E-state index in [2.05, 4.69) is 16.2 Å². The van der Waals surface area contributed by atoms with Crippen LogP contribution < -0.4 is 5.32 Å². The van der Waals surface area contributed by atoms with Gasteiger partial charge in [0.05, 0.1) is 6.54 Å². The standard InChI is InChI=1S/C9H6Cl2N2O/c1-2-3-12-9(14)6-4-7(10)13-8(11)5-6/h1,4-5H,3H2,(H,12,14). The Balaban J connectivity index is 2.85. The first kappa shape index (κ1) is 10.8. The zero-order valence-electron chi connectivity index (χ0n) is 7.05. The third-order valence-electron chi connectivity index (χ3n) is 1.38. The molecule has 1 amide bonds. The van der Waals surface area contributed by atoms with Crippen molar-refractivity contribution in [1.29, 1.82) is 0 Å². The monoisotopic (exact) mass is 228 g/mol. The van der Waals surface area contributed by atoms with E-state index in [0.29, 0.717) is 5.56 Å². The number of aromatic nitrogens is 1. The highest BCUT2D eigenvalue weighted by Crippen LogP contribution is 2.14. The molecular formula is C9H6Cl2N2O. The van der Waals surface area contributed by atoms with Crippen molar-refractivity contribution in [2.45, 2.75) is 0 Å². The van der Waals surface area contributed by atoms with Crippen LogP contribution in [0.3, 0.4) is 0 Å². The molecule has 3 nitrogen and oxygen atoms in total. The van der Waals surface area contributed by atoms with Crippen LogP contribution in [0.25, 0.3) is 0 Å². The maximum absolute atomic E-state index is 11.4. The van der Waals surface area contributed by atoms with Gasteiger partial charge in [-0.1, -0.05) is 29.1 Å². The number of terminal acetylenes is 1. The molecule has 1 aromatic heterocycles. The first-order chi connectivity index (χ1) is 6.63. The Labute approximate surface area is 91.4 Å². The van der Waals surface area contributed by atoms with Crippen molar-refractivity contribution in [3.8, 4) is 12.3 Å². The van der Waals surface area contributed by atoms with E-state index < -0.39 is 0 Å². The second-order valence-electron chi connectivity index (χ2n) is 2.39. The molecular weight excluding hydrogens is 223 g/mol. The zero-order valence-corrected chi connectivity index (χ0v) is 8.56. The minimum absolute atomic E-state index is 0.163. The molecule has 0 aliphatic heterocycles. The summed E-state index contributed by atoms with van der Waals surface area (Å²) in [4.78, 5) is 15.1. The Kier molecular flexibility index (Phi) is 3.75. The largest absolute Gasteiger partial charge is 0.341 e. The number of pyridine rings is 1. The normalized spacial score (nSPS) is 9.21. The number of hydrogen-bond donors (Lipinski definition) is 1. The van der Waals surface area contributed by atoms with E-state index in [9.17, 15) is 4.79 Å². The molecule has 0 aromatic carbocycles. The average Bonchev–Trinajstić information content (AvgIpc) is 2.12. The Morgan fingerprint density at radius 3 is 2.57 bits per heavy atom. The van der Waals surface area contributed by atoms with Crippen LogP contribution in [0.4, 0.5) is 0 Å². The van der Waals surface area contributed by atoms with Crippen molar-refractivity contribution in [3.05, 3.63) is 28.0 Å². The molecule has 0 atom stereocenters. The van der Waals surface area contributed by atoms with Crippen LogP contribution >= 0.6 is 23.2 Å². The lowest BCUT2D eigenvalue weighted by atomic mass is 10.2. The second kappa shape index (κ2) is 4.85. The molecule has 5 heteroatoms. The summed E-state index contributed by atoms with van der Waals surface area (Å²) in [5.41, 5.74) is 0.338. The van der Waals surface area contributed by atoms with E-state index >= 15 is 0 Å². The van der Waals surface area contributed by atoms with Gasteiger partial charge in [-0.25, -0.2) is 4.98 Å². The van der Waals surface area contributed by atoms with Crippen LogP contribution in [0.15, 0.2) is 12.1 Å². The second-order valence-corrected chi connectivity index (χ2v) is 3.16. The van der Waals surface area contributed by atoms with Crippen LogP contribution in [0.2, 0.25) is 10.3 Å². The summed E-state index contributed by atoms with van der Waals surface area (Å²) in [6.07, 6.45) is 4.99. The van der Waals surface area contributed by atoms with Gasteiger partial charge < -0.3 is 5.32 Å². The molecule has 1 N–H and O–H groups in total. The first-order valence-corrected chi connectivity index (χ1v) is 4.44. The zero-order chi connectivity index (χ0) is 10.6. The summed E-state index contributed by atoms with van der Waals surface area (Å²) >= 11 is 11.2. The fraction of sp³-hybridized carbons (Fsp3) is 0.111. The SMILES string of the molecule is C#CCNC(=O)c1cc(Cl)nc(Cl)c1. The van der Waals surface area contributed by atoms with E-state index in [4.69, 9.17) is 29.6 Å². The highest BCUT2D eigenvalue weighted by molar-refractivity contribution is 6.33. The van der Waals surface area contributed by atoms with Crippen LogP contribution in [0.5, 0.6) is 0 Å². The Hall–Kier alpha value is -1.24. The van der Waals surface area contributed by atoms with E-state index in [1.807, 2.05) is 0 Å². The van der Waals surface area contributed by atoms with Gasteiger partial charge in [-0.2, -0.15) is 0 Å². The highest BCUT2D eigenvalue weighted by Gasteiger charge is 2.07. The maximum atomic E-state index is 11.4. The van der Waals surface area contributed by atoms with E-state index in [0.717, 1.165) is 0 Å². The van der Waals surface area contributed by atoms with Crippen LogP contribution in [-0.4, -0.2) is 17.4 Å². The number of halogens is 2. The van der Waals surface area contributed by atoms with Gasteiger partial charge in [-0.3, -0.25) is 4.79 Å². The lowest BCUT2D eigenvalue weighted by Gasteiger charge is -2.01. The minimum atomic E-state index is -0.325. The number of nitrogens with zero attached hydrogens (tertiary/aromatic N) is 1. The molecule has 0 unspecified atom stereocenters. The lowest BCUT2D eigenvalue weighted by molar-refractivity contribution is 0.0958.